The lowest BCUT2D eigenvalue weighted by Gasteiger charge is -2.09. The van der Waals surface area contributed by atoms with E-state index in [1.165, 1.54) is 12.2 Å². The predicted octanol–water partition coefficient (Wildman–Crippen LogP) is 5.15. The lowest BCUT2D eigenvalue weighted by molar-refractivity contribution is -0.142. The quantitative estimate of drug-likeness (QED) is 0.560. The van der Waals surface area contributed by atoms with E-state index >= 15 is 0 Å². The number of carbonyl (C=O) groups excluding carboxylic acids is 2. The molecule has 2 aromatic carbocycles. The summed E-state index contributed by atoms with van der Waals surface area (Å²) in [6.07, 6.45) is 2.72. The molecule has 0 aliphatic rings. The molecular weight excluding hydrogens is 385 g/mol. The molecule has 2 aromatic rings. The number of amides is 1. The van der Waals surface area contributed by atoms with Crippen molar-refractivity contribution in [2.24, 2.45) is 0 Å². The lowest BCUT2D eigenvalue weighted by Crippen LogP contribution is -2.20. The summed E-state index contributed by atoms with van der Waals surface area (Å²) in [6, 6.07) is 10.1. The summed E-state index contributed by atoms with van der Waals surface area (Å²) in [6.45, 7) is 1.38. The number of rotatable bonds is 5. The molecule has 1 N–H and O–H groups in total. The largest absolute Gasteiger partial charge is 0.452 e. The van der Waals surface area contributed by atoms with Gasteiger partial charge in [-0.1, -0.05) is 46.9 Å². The molecule has 2 rings (SSSR count). The molecule has 7 heteroatoms. The minimum absolute atomic E-state index is 0.383. The first-order valence-corrected chi connectivity index (χ1v) is 8.35. The van der Waals surface area contributed by atoms with Gasteiger partial charge in [-0.15, -0.1) is 0 Å². The van der Waals surface area contributed by atoms with Crippen molar-refractivity contribution in [3.05, 3.63) is 68.7 Å². The molecule has 0 saturated heterocycles. The van der Waals surface area contributed by atoms with Crippen molar-refractivity contribution in [3.8, 4) is 0 Å². The van der Waals surface area contributed by atoms with Crippen molar-refractivity contribution < 1.29 is 14.3 Å². The fraction of sp³-hybridized carbons (Fsp3) is 0.111. The summed E-state index contributed by atoms with van der Waals surface area (Å²) >= 11 is 17.7. The molecule has 0 aliphatic heterocycles. The minimum atomic E-state index is -0.649. The summed E-state index contributed by atoms with van der Waals surface area (Å²) in [7, 11) is 0. The van der Waals surface area contributed by atoms with E-state index in [4.69, 9.17) is 39.5 Å². The van der Waals surface area contributed by atoms with E-state index in [-0.39, 0.29) is 0 Å². The van der Waals surface area contributed by atoms with Gasteiger partial charge < -0.3 is 10.1 Å². The van der Waals surface area contributed by atoms with E-state index in [0.717, 1.165) is 5.56 Å². The summed E-state index contributed by atoms with van der Waals surface area (Å²) in [5.74, 6) is -1.11. The van der Waals surface area contributed by atoms with Crippen LogP contribution in [0.2, 0.25) is 15.1 Å². The number of hydrogen-bond donors (Lipinski definition) is 1. The van der Waals surface area contributed by atoms with E-state index in [2.05, 4.69) is 5.32 Å². The topological polar surface area (TPSA) is 55.4 Å². The maximum Gasteiger partial charge on any atom is 0.331 e. The Balaban J connectivity index is 1.86. The molecule has 1 amide bonds. The first kappa shape index (κ1) is 19.3. The maximum absolute atomic E-state index is 11.8. The molecule has 25 heavy (non-hydrogen) atoms. The molecule has 0 unspecified atom stereocenters. The van der Waals surface area contributed by atoms with E-state index in [1.54, 1.807) is 43.3 Å². The molecule has 0 saturated carbocycles. The highest BCUT2D eigenvalue weighted by Crippen LogP contribution is 2.23. The highest BCUT2D eigenvalue weighted by atomic mass is 35.5. The zero-order chi connectivity index (χ0) is 18.4. The fourth-order valence-electron chi connectivity index (χ4n) is 1.89. The number of anilines is 1. The van der Waals surface area contributed by atoms with Gasteiger partial charge in [0.05, 0.1) is 10.0 Å². The van der Waals surface area contributed by atoms with Crippen molar-refractivity contribution >= 4 is 58.4 Å². The van der Waals surface area contributed by atoms with Gasteiger partial charge in [0.2, 0.25) is 0 Å². The number of hydrogen-bond acceptors (Lipinski definition) is 3. The molecule has 0 heterocycles. The number of esters is 1. The Bertz CT molecular complexity index is 834. The van der Waals surface area contributed by atoms with Gasteiger partial charge in [-0.3, -0.25) is 4.79 Å². The normalized spacial score (nSPS) is 10.7. The number of halogens is 3. The zero-order valence-corrected chi connectivity index (χ0v) is 15.5. The third kappa shape index (κ3) is 5.78. The van der Waals surface area contributed by atoms with Crippen LogP contribution in [0.3, 0.4) is 0 Å². The molecule has 0 aromatic heterocycles. The molecular formula is C18H14Cl3NO3. The number of benzene rings is 2. The Morgan fingerprint density at radius 3 is 2.56 bits per heavy atom. The third-order valence-corrected chi connectivity index (χ3v) is 4.39. The van der Waals surface area contributed by atoms with E-state index in [9.17, 15) is 9.59 Å². The Morgan fingerprint density at radius 1 is 1.08 bits per heavy atom. The highest BCUT2D eigenvalue weighted by Gasteiger charge is 2.08. The van der Waals surface area contributed by atoms with Gasteiger partial charge in [-0.2, -0.15) is 0 Å². The average molecular weight is 399 g/mol. The Morgan fingerprint density at radius 2 is 1.84 bits per heavy atom. The van der Waals surface area contributed by atoms with Crippen LogP contribution < -0.4 is 5.32 Å². The second kappa shape index (κ2) is 8.90. The van der Waals surface area contributed by atoms with Gasteiger partial charge >= 0.3 is 5.97 Å². The van der Waals surface area contributed by atoms with Crippen LogP contribution in [0.1, 0.15) is 11.1 Å². The molecule has 0 spiro atoms. The molecule has 130 valence electrons. The number of nitrogens with one attached hydrogen (secondary N) is 1. The van der Waals surface area contributed by atoms with E-state index in [1.807, 2.05) is 0 Å². The van der Waals surface area contributed by atoms with E-state index in [0.29, 0.717) is 26.3 Å². The van der Waals surface area contributed by atoms with Crippen LogP contribution in [-0.2, 0) is 14.3 Å². The highest BCUT2D eigenvalue weighted by molar-refractivity contribution is 6.42. The number of ether oxygens (including phenoxy) is 1. The second-order valence-corrected chi connectivity index (χ2v) is 6.30. The third-order valence-electron chi connectivity index (χ3n) is 3.24. The molecule has 0 atom stereocenters. The first-order chi connectivity index (χ1) is 11.9. The minimum Gasteiger partial charge on any atom is -0.452 e. The standard InChI is InChI=1S/C18H14Cl3NO3/c1-11-13(19)3-2-4-16(11)22-17(23)10-25-18(24)8-6-12-5-7-14(20)15(21)9-12/h2-9H,10H2,1H3,(H,22,23). The lowest BCUT2D eigenvalue weighted by atomic mass is 10.2. The average Bonchev–Trinajstić information content (AvgIpc) is 2.58. The van der Waals surface area contributed by atoms with Crippen LogP contribution in [0.15, 0.2) is 42.5 Å². The Hall–Kier alpha value is -2.01. The van der Waals surface area contributed by atoms with Gasteiger partial charge in [0.15, 0.2) is 6.61 Å². The Labute approximate surface area is 160 Å². The summed E-state index contributed by atoms with van der Waals surface area (Å²) in [4.78, 5) is 23.5. The van der Waals surface area contributed by atoms with Gasteiger partial charge in [0.25, 0.3) is 5.91 Å². The van der Waals surface area contributed by atoms with Crippen LogP contribution in [0.25, 0.3) is 6.08 Å². The molecule has 0 radical (unpaired) electrons. The van der Waals surface area contributed by atoms with Gasteiger partial charge in [0.1, 0.15) is 0 Å². The van der Waals surface area contributed by atoms with Crippen molar-refractivity contribution in [3.63, 3.8) is 0 Å². The molecule has 0 bridgehead atoms. The molecule has 4 nitrogen and oxygen atoms in total. The predicted molar refractivity (Wildman–Crippen MR) is 101 cm³/mol. The smallest absolute Gasteiger partial charge is 0.331 e. The van der Waals surface area contributed by atoms with Crippen LogP contribution in [-0.4, -0.2) is 18.5 Å². The van der Waals surface area contributed by atoms with Crippen molar-refractivity contribution in [2.45, 2.75) is 6.92 Å². The van der Waals surface area contributed by atoms with Crippen molar-refractivity contribution in [2.75, 3.05) is 11.9 Å². The molecule has 0 aliphatic carbocycles. The van der Waals surface area contributed by atoms with Gasteiger partial charge in [0, 0.05) is 16.8 Å². The van der Waals surface area contributed by atoms with Crippen LogP contribution in [0, 0.1) is 6.92 Å². The monoisotopic (exact) mass is 397 g/mol. The molecule has 0 fully saturated rings. The maximum atomic E-state index is 11.8. The van der Waals surface area contributed by atoms with Gasteiger partial charge in [-0.25, -0.2) is 4.79 Å². The van der Waals surface area contributed by atoms with Crippen molar-refractivity contribution in [1.82, 2.24) is 0 Å². The van der Waals surface area contributed by atoms with Crippen LogP contribution >= 0.6 is 34.8 Å². The summed E-state index contributed by atoms with van der Waals surface area (Å²) in [5.41, 5.74) is 1.99. The summed E-state index contributed by atoms with van der Waals surface area (Å²) in [5, 5.41) is 3.99. The number of carbonyl (C=O) groups is 2. The van der Waals surface area contributed by atoms with Crippen LogP contribution in [0.4, 0.5) is 5.69 Å². The first-order valence-electron chi connectivity index (χ1n) is 7.21. The van der Waals surface area contributed by atoms with E-state index < -0.39 is 18.5 Å². The summed E-state index contributed by atoms with van der Waals surface area (Å²) < 4.78 is 4.89. The fourth-order valence-corrected chi connectivity index (χ4v) is 2.38. The van der Waals surface area contributed by atoms with Gasteiger partial charge in [-0.05, 0) is 48.4 Å². The Kier molecular flexibility index (Phi) is 6.88. The second-order valence-electron chi connectivity index (χ2n) is 5.08. The zero-order valence-electron chi connectivity index (χ0n) is 13.2. The SMILES string of the molecule is Cc1c(Cl)cccc1NC(=O)COC(=O)C=Cc1ccc(Cl)c(Cl)c1. The van der Waals surface area contributed by atoms with Crippen molar-refractivity contribution in [1.29, 1.82) is 0 Å². The van der Waals surface area contributed by atoms with Crippen LogP contribution in [0.5, 0.6) is 0 Å².